The molecular formula is C17H21NO3. The van der Waals surface area contributed by atoms with Crippen molar-refractivity contribution in [2.75, 3.05) is 13.3 Å². The second-order valence-electron chi connectivity index (χ2n) is 5.76. The quantitative estimate of drug-likeness (QED) is 0.830. The third-order valence-corrected chi connectivity index (χ3v) is 4.37. The molecule has 21 heavy (non-hydrogen) atoms. The van der Waals surface area contributed by atoms with Crippen molar-refractivity contribution < 1.29 is 14.6 Å². The molecule has 1 saturated carbocycles. The predicted molar refractivity (Wildman–Crippen MR) is 80.3 cm³/mol. The molecule has 1 fully saturated rings. The molecule has 0 radical (unpaired) electrons. The summed E-state index contributed by atoms with van der Waals surface area (Å²) in [7, 11) is 0. The Labute approximate surface area is 125 Å². The first kappa shape index (κ1) is 14.2. The molecule has 2 N–H and O–H groups in total. The number of hydrogen-bond donors (Lipinski definition) is 2. The SMILES string of the molecule is C#C[C@]1(O)CCCC[C@H]1NCCc1ccc2c(c1)OCO2. The van der Waals surface area contributed by atoms with Crippen LogP contribution in [0, 0.1) is 12.3 Å². The van der Waals surface area contributed by atoms with Crippen molar-refractivity contribution in [3.05, 3.63) is 23.8 Å². The predicted octanol–water partition coefficient (Wildman–Crippen LogP) is 1.85. The Balaban J connectivity index is 1.55. The number of hydrogen-bond acceptors (Lipinski definition) is 4. The van der Waals surface area contributed by atoms with E-state index in [1.807, 2.05) is 18.2 Å². The zero-order valence-corrected chi connectivity index (χ0v) is 12.1. The van der Waals surface area contributed by atoms with E-state index < -0.39 is 5.60 Å². The van der Waals surface area contributed by atoms with Crippen LogP contribution in [-0.2, 0) is 6.42 Å². The minimum Gasteiger partial charge on any atom is -0.454 e. The van der Waals surface area contributed by atoms with Crippen molar-refractivity contribution in [3.8, 4) is 23.8 Å². The summed E-state index contributed by atoms with van der Waals surface area (Å²) in [5, 5.41) is 13.8. The molecular weight excluding hydrogens is 266 g/mol. The van der Waals surface area contributed by atoms with E-state index in [9.17, 15) is 5.11 Å². The van der Waals surface area contributed by atoms with Gasteiger partial charge in [-0.1, -0.05) is 18.4 Å². The van der Waals surface area contributed by atoms with Crippen molar-refractivity contribution >= 4 is 0 Å². The lowest BCUT2D eigenvalue weighted by Gasteiger charge is -2.36. The van der Waals surface area contributed by atoms with Crippen molar-refractivity contribution in [3.63, 3.8) is 0 Å². The molecule has 1 aromatic carbocycles. The van der Waals surface area contributed by atoms with Crippen molar-refractivity contribution in [2.45, 2.75) is 43.7 Å². The van der Waals surface area contributed by atoms with Gasteiger partial charge in [-0.05, 0) is 49.9 Å². The fraction of sp³-hybridized carbons (Fsp3) is 0.529. The zero-order valence-electron chi connectivity index (χ0n) is 12.1. The fourth-order valence-electron chi connectivity index (χ4n) is 3.09. The summed E-state index contributed by atoms with van der Waals surface area (Å²) < 4.78 is 10.7. The number of ether oxygens (including phenoxy) is 2. The Morgan fingerprint density at radius 2 is 2.19 bits per heavy atom. The van der Waals surface area contributed by atoms with E-state index in [1.54, 1.807) is 0 Å². The summed E-state index contributed by atoms with van der Waals surface area (Å²) in [6, 6.07) is 5.99. The Morgan fingerprint density at radius 1 is 1.33 bits per heavy atom. The first-order valence-corrected chi connectivity index (χ1v) is 7.53. The Hall–Kier alpha value is -1.70. The molecule has 1 aliphatic carbocycles. The summed E-state index contributed by atoms with van der Waals surface area (Å²) in [5.74, 6) is 4.19. The molecule has 4 heteroatoms. The maximum atomic E-state index is 10.4. The lowest BCUT2D eigenvalue weighted by molar-refractivity contribution is 0.0265. The maximum Gasteiger partial charge on any atom is 0.231 e. The monoisotopic (exact) mass is 287 g/mol. The van der Waals surface area contributed by atoms with Gasteiger partial charge in [-0.2, -0.15) is 0 Å². The van der Waals surface area contributed by atoms with Crippen LogP contribution in [0.4, 0.5) is 0 Å². The van der Waals surface area contributed by atoms with Gasteiger partial charge in [0, 0.05) is 6.04 Å². The third-order valence-electron chi connectivity index (χ3n) is 4.37. The van der Waals surface area contributed by atoms with E-state index >= 15 is 0 Å². The van der Waals surface area contributed by atoms with E-state index in [4.69, 9.17) is 15.9 Å². The van der Waals surface area contributed by atoms with Crippen LogP contribution in [0.15, 0.2) is 18.2 Å². The van der Waals surface area contributed by atoms with Gasteiger partial charge < -0.3 is 19.9 Å². The van der Waals surface area contributed by atoms with Gasteiger partial charge in [0.15, 0.2) is 11.5 Å². The van der Waals surface area contributed by atoms with E-state index in [0.717, 1.165) is 43.7 Å². The number of rotatable bonds is 4. The second-order valence-corrected chi connectivity index (χ2v) is 5.76. The molecule has 112 valence electrons. The first-order valence-electron chi connectivity index (χ1n) is 7.53. The maximum absolute atomic E-state index is 10.4. The van der Waals surface area contributed by atoms with Gasteiger partial charge in [0.2, 0.25) is 6.79 Å². The highest BCUT2D eigenvalue weighted by molar-refractivity contribution is 5.44. The Morgan fingerprint density at radius 3 is 3.05 bits per heavy atom. The van der Waals surface area contributed by atoms with E-state index in [-0.39, 0.29) is 6.04 Å². The summed E-state index contributed by atoms with van der Waals surface area (Å²) >= 11 is 0. The van der Waals surface area contributed by atoms with Gasteiger partial charge in [-0.15, -0.1) is 6.42 Å². The molecule has 2 atom stereocenters. The highest BCUT2D eigenvalue weighted by Gasteiger charge is 2.36. The highest BCUT2D eigenvalue weighted by Crippen LogP contribution is 2.32. The van der Waals surface area contributed by atoms with Crippen LogP contribution in [0.3, 0.4) is 0 Å². The van der Waals surface area contributed by atoms with Gasteiger partial charge in [-0.25, -0.2) is 0 Å². The van der Waals surface area contributed by atoms with E-state index in [2.05, 4.69) is 11.2 Å². The van der Waals surface area contributed by atoms with Crippen molar-refractivity contribution in [2.24, 2.45) is 0 Å². The van der Waals surface area contributed by atoms with Crippen LogP contribution in [-0.4, -0.2) is 30.1 Å². The molecule has 3 rings (SSSR count). The summed E-state index contributed by atoms with van der Waals surface area (Å²) in [5.41, 5.74) is 0.194. The fourth-order valence-corrected chi connectivity index (χ4v) is 3.09. The highest BCUT2D eigenvalue weighted by atomic mass is 16.7. The third kappa shape index (κ3) is 2.99. The molecule has 2 aliphatic rings. The molecule has 1 heterocycles. The van der Waals surface area contributed by atoms with Gasteiger partial charge in [-0.3, -0.25) is 0 Å². The van der Waals surface area contributed by atoms with Crippen LogP contribution < -0.4 is 14.8 Å². The first-order chi connectivity index (χ1) is 10.2. The minimum atomic E-state index is -0.993. The number of terminal acetylenes is 1. The lowest BCUT2D eigenvalue weighted by atomic mass is 9.81. The number of fused-ring (bicyclic) bond motifs is 1. The van der Waals surface area contributed by atoms with Gasteiger partial charge in [0.05, 0.1) is 0 Å². The molecule has 0 saturated heterocycles. The van der Waals surface area contributed by atoms with E-state index in [0.29, 0.717) is 13.2 Å². The van der Waals surface area contributed by atoms with Crippen LogP contribution in [0.1, 0.15) is 31.2 Å². The summed E-state index contributed by atoms with van der Waals surface area (Å²) in [6.45, 7) is 1.09. The number of aliphatic hydroxyl groups is 1. The van der Waals surface area contributed by atoms with Gasteiger partial charge in [0.1, 0.15) is 5.60 Å². The molecule has 0 unspecified atom stereocenters. The number of benzene rings is 1. The standard InChI is InChI=1S/C17H21NO3/c1-2-17(19)9-4-3-5-16(17)18-10-8-13-6-7-14-15(11-13)21-12-20-14/h1,6-7,11,16,18-19H,3-5,8-10,12H2/t16-,17+/m1/s1. The minimum absolute atomic E-state index is 0.00902. The average Bonchev–Trinajstić information content (AvgIpc) is 2.97. The summed E-state index contributed by atoms with van der Waals surface area (Å²) in [4.78, 5) is 0. The second kappa shape index (κ2) is 5.97. The zero-order chi connectivity index (χ0) is 14.7. The van der Waals surface area contributed by atoms with Gasteiger partial charge >= 0.3 is 0 Å². The Bertz CT molecular complexity index is 551. The number of nitrogens with one attached hydrogen (secondary N) is 1. The molecule has 4 nitrogen and oxygen atoms in total. The molecule has 0 amide bonds. The topological polar surface area (TPSA) is 50.7 Å². The van der Waals surface area contributed by atoms with Crippen LogP contribution in [0.2, 0.25) is 0 Å². The normalized spacial score (nSPS) is 27.3. The van der Waals surface area contributed by atoms with Gasteiger partial charge in [0.25, 0.3) is 0 Å². The van der Waals surface area contributed by atoms with E-state index in [1.165, 1.54) is 5.56 Å². The molecule has 0 spiro atoms. The van der Waals surface area contributed by atoms with Crippen LogP contribution >= 0.6 is 0 Å². The molecule has 1 aliphatic heterocycles. The molecule has 0 bridgehead atoms. The molecule has 1 aromatic rings. The van der Waals surface area contributed by atoms with Crippen LogP contribution in [0.25, 0.3) is 0 Å². The average molecular weight is 287 g/mol. The Kier molecular flexibility index (Phi) is 4.05. The lowest BCUT2D eigenvalue weighted by Crippen LogP contribution is -2.52. The van der Waals surface area contributed by atoms with Crippen LogP contribution in [0.5, 0.6) is 11.5 Å². The summed E-state index contributed by atoms with van der Waals surface area (Å²) in [6.07, 6.45) is 10.1. The van der Waals surface area contributed by atoms with Crippen molar-refractivity contribution in [1.29, 1.82) is 0 Å². The smallest absolute Gasteiger partial charge is 0.231 e. The molecule has 0 aromatic heterocycles. The largest absolute Gasteiger partial charge is 0.454 e. The van der Waals surface area contributed by atoms with Crippen molar-refractivity contribution in [1.82, 2.24) is 5.32 Å².